The van der Waals surface area contributed by atoms with Gasteiger partial charge in [-0.05, 0) is 50.5 Å². The lowest BCUT2D eigenvalue weighted by molar-refractivity contribution is 0.0920. The molecule has 0 aliphatic rings. The highest BCUT2D eigenvalue weighted by Gasteiger charge is 2.16. The Kier molecular flexibility index (Phi) is 7.11. The van der Waals surface area contributed by atoms with Gasteiger partial charge in [0.1, 0.15) is 11.3 Å². The Morgan fingerprint density at radius 3 is 2.70 bits per heavy atom. The zero-order chi connectivity index (χ0) is 21.7. The highest BCUT2D eigenvalue weighted by Crippen LogP contribution is 2.24. The molecular formula is C24H29NO5. The van der Waals surface area contributed by atoms with E-state index < -0.39 is 0 Å². The van der Waals surface area contributed by atoms with E-state index in [9.17, 15) is 9.59 Å². The summed E-state index contributed by atoms with van der Waals surface area (Å²) in [4.78, 5) is 24.6. The van der Waals surface area contributed by atoms with Gasteiger partial charge < -0.3 is 18.5 Å². The molecule has 0 N–H and O–H groups in total. The molecule has 0 fully saturated rings. The number of hydrogen-bond donors (Lipinski definition) is 0. The highest BCUT2D eigenvalue weighted by atomic mass is 16.5. The highest BCUT2D eigenvalue weighted by molar-refractivity contribution is 5.98. The molecule has 2 aromatic heterocycles. The Balaban J connectivity index is 1.74. The van der Waals surface area contributed by atoms with Crippen molar-refractivity contribution in [1.29, 1.82) is 0 Å². The lowest BCUT2D eigenvalue weighted by Gasteiger charge is -2.10. The number of aryl methyl sites for hydroxylation is 2. The van der Waals surface area contributed by atoms with Crippen LogP contribution in [-0.2, 0) is 17.7 Å². The van der Waals surface area contributed by atoms with Crippen LogP contribution in [0.15, 0.2) is 39.5 Å². The van der Waals surface area contributed by atoms with E-state index in [2.05, 4.69) is 11.5 Å². The van der Waals surface area contributed by atoms with Crippen LogP contribution in [0.25, 0.3) is 11.0 Å². The van der Waals surface area contributed by atoms with Crippen molar-refractivity contribution in [3.8, 4) is 5.75 Å². The molecule has 0 amide bonds. The topological polar surface area (TPSA) is 70.7 Å². The van der Waals surface area contributed by atoms with Gasteiger partial charge in [-0.3, -0.25) is 4.79 Å². The molecule has 0 bridgehead atoms. The number of aromatic nitrogens is 1. The fourth-order valence-electron chi connectivity index (χ4n) is 3.80. The zero-order valence-electron chi connectivity index (χ0n) is 18.1. The van der Waals surface area contributed by atoms with Crippen LogP contribution in [0.5, 0.6) is 5.75 Å². The number of ether oxygens (including phenoxy) is 2. The molecule has 0 radical (unpaired) electrons. The fourth-order valence-corrected chi connectivity index (χ4v) is 3.80. The lowest BCUT2D eigenvalue weighted by atomic mass is 10.1. The van der Waals surface area contributed by atoms with Crippen LogP contribution in [0, 0.1) is 13.8 Å². The van der Waals surface area contributed by atoms with E-state index >= 15 is 0 Å². The summed E-state index contributed by atoms with van der Waals surface area (Å²) < 4.78 is 18.3. The van der Waals surface area contributed by atoms with Gasteiger partial charge >= 0.3 is 5.63 Å². The lowest BCUT2D eigenvalue weighted by Crippen LogP contribution is -2.13. The van der Waals surface area contributed by atoms with E-state index in [4.69, 9.17) is 13.9 Å². The van der Waals surface area contributed by atoms with E-state index in [1.54, 1.807) is 13.2 Å². The SMILES string of the molecule is CCCc1cc(=O)oc2cc(OCC(=O)c3cc(C)n(CCCOC)c3C)ccc12. The van der Waals surface area contributed by atoms with Gasteiger partial charge in [0.25, 0.3) is 0 Å². The van der Waals surface area contributed by atoms with Gasteiger partial charge in [-0.2, -0.15) is 0 Å². The molecule has 2 heterocycles. The first-order valence-electron chi connectivity index (χ1n) is 10.3. The summed E-state index contributed by atoms with van der Waals surface area (Å²) in [6, 6.07) is 8.81. The predicted molar refractivity (Wildman–Crippen MR) is 117 cm³/mol. The number of nitrogens with zero attached hydrogens (tertiary/aromatic N) is 1. The quantitative estimate of drug-likeness (QED) is 0.280. The van der Waals surface area contributed by atoms with Crippen LogP contribution in [-0.4, -0.2) is 30.7 Å². The van der Waals surface area contributed by atoms with Crippen molar-refractivity contribution in [2.75, 3.05) is 20.3 Å². The van der Waals surface area contributed by atoms with Gasteiger partial charge in [0.2, 0.25) is 5.78 Å². The van der Waals surface area contributed by atoms with Gasteiger partial charge in [0.05, 0.1) is 0 Å². The fraction of sp³-hybridized carbons (Fsp3) is 0.417. The molecule has 0 aliphatic carbocycles. The van der Waals surface area contributed by atoms with Crippen LogP contribution in [0.1, 0.15) is 47.1 Å². The zero-order valence-corrected chi connectivity index (χ0v) is 18.1. The number of Topliss-reactive ketones (excluding diaryl/α,β-unsaturated/α-hetero) is 1. The predicted octanol–water partition coefficient (Wildman–Crippen LogP) is 4.46. The number of methoxy groups -OCH3 is 1. The van der Waals surface area contributed by atoms with Crippen LogP contribution >= 0.6 is 0 Å². The normalized spacial score (nSPS) is 11.2. The average Bonchev–Trinajstić information content (AvgIpc) is 3.00. The summed E-state index contributed by atoms with van der Waals surface area (Å²) in [6.07, 6.45) is 2.63. The molecule has 0 aliphatic heterocycles. The third-order valence-corrected chi connectivity index (χ3v) is 5.30. The second-order valence-corrected chi connectivity index (χ2v) is 7.49. The molecule has 6 heteroatoms. The first-order valence-corrected chi connectivity index (χ1v) is 10.3. The Labute approximate surface area is 176 Å². The molecule has 30 heavy (non-hydrogen) atoms. The van der Waals surface area contributed by atoms with Gasteiger partial charge in [-0.1, -0.05) is 13.3 Å². The summed E-state index contributed by atoms with van der Waals surface area (Å²) in [5.41, 5.74) is 3.72. The van der Waals surface area contributed by atoms with E-state index in [-0.39, 0.29) is 18.0 Å². The average molecular weight is 411 g/mol. The maximum Gasteiger partial charge on any atom is 0.336 e. The molecule has 0 saturated carbocycles. The molecule has 0 unspecified atom stereocenters. The molecule has 1 aromatic carbocycles. The monoisotopic (exact) mass is 411 g/mol. The van der Waals surface area contributed by atoms with Gasteiger partial charge in [0.15, 0.2) is 6.61 Å². The van der Waals surface area contributed by atoms with E-state index in [0.717, 1.165) is 48.1 Å². The van der Waals surface area contributed by atoms with Crippen LogP contribution < -0.4 is 10.4 Å². The smallest absolute Gasteiger partial charge is 0.336 e. The van der Waals surface area contributed by atoms with Crippen LogP contribution in [0.3, 0.4) is 0 Å². The summed E-state index contributed by atoms with van der Waals surface area (Å²) in [7, 11) is 1.68. The van der Waals surface area contributed by atoms with Crippen molar-refractivity contribution in [2.24, 2.45) is 0 Å². The van der Waals surface area contributed by atoms with Crippen molar-refractivity contribution in [3.05, 3.63) is 63.3 Å². The third kappa shape index (κ3) is 4.82. The third-order valence-electron chi connectivity index (χ3n) is 5.30. The molecule has 0 spiro atoms. The Bertz CT molecular complexity index is 1090. The number of carbonyl (C=O) groups is 1. The molecule has 0 atom stereocenters. The maximum atomic E-state index is 12.8. The van der Waals surface area contributed by atoms with Gasteiger partial charge in [-0.15, -0.1) is 0 Å². The van der Waals surface area contributed by atoms with E-state index in [1.165, 1.54) is 6.07 Å². The van der Waals surface area contributed by atoms with E-state index in [1.807, 2.05) is 32.0 Å². The number of rotatable bonds is 10. The number of carbonyl (C=O) groups excluding carboxylic acids is 1. The van der Waals surface area contributed by atoms with Crippen molar-refractivity contribution < 1.29 is 18.7 Å². The summed E-state index contributed by atoms with van der Waals surface area (Å²) in [6.45, 7) is 7.43. The Morgan fingerprint density at radius 2 is 1.97 bits per heavy atom. The first-order chi connectivity index (χ1) is 14.4. The number of fused-ring (bicyclic) bond motifs is 1. The summed E-state index contributed by atoms with van der Waals surface area (Å²) in [5, 5.41) is 0.898. The second-order valence-electron chi connectivity index (χ2n) is 7.49. The molecule has 6 nitrogen and oxygen atoms in total. The van der Waals surface area contributed by atoms with Gasteiger partial charge in [0, 0.05) is 54.7 Å². The standard InChI is InChI=1S/C24H29NO5/c1-5-7-18-13-24(27)30-23-14-19(8-9-20(18)23)29-15-22(26)21-12-16(2)25(17(21)3)10-6-11-28-4/h8-9,12-14H,5-7,10-11,15H2,1-4H3. The molecule has 3 rings (SSSR count). The second kappa shape index (κ2) is 9.76. The van der Waals surface area contributed by atoms with Crippen molar-refractivity contribution in [2.45, 2.75) is 46.6 Å². The van der Waals surface area contributed by atoms with Crippen molar-refractivity contribution >= 4 is 16.8 Å². The minimum absolute atomic E-state index is 0.0766. The number of ketones is 1. The van der Waals surface area contributed by atoms with Crippen LogP contribution in [0.2, 0.25) is 0 Å². The maximum absolute atomic E-state index is 12.8. The van der Waals surface area contributed by atoms with E-state index in [0.29, 0.717) is 23.5 Å². The minimum Gasteiger partial charge on any atom is -0.485 e. The minimum atomic E-state index is -0.375. The van der Waals surface area contributed by atoms with Gasteiger partial charge in [-0.25, -0.2) is 4.79 Å². The summed E-state index contributed by atoms with van der Waals surface area (Å²) >= 11 is 0. The largest absolute Gasteiger partial charge is 0.485 e. The summed E-state index contributed by atoms with van der Waals surface area (Å²) in [5.74, 6) is 0.420. The molecule has 3 aromatic rings. The first kappa shape index (κ1) is 21.8. The Morgan fingerprint density at radius 1 is 1.17 bits per heavy atom. The van der Waals surface area contributed by atoms with Crippen molar-refractivity contribution in [1.82, 2.24) is 4.57 Å². The Hall–Kier alpha value is -2.86. The number of hydrogen-bond acceptors (Lipinski definition) is 5. The number of benzene rings is 1. The van der Waals surface area contributed by atoms with Crippen LogP contribution in [0.4, 0.5) is 0 Å². The molecule has 0 saturated heterocycles. The molecule has 160 valence electrons. The molecular weight excluding hydrogens is 382 g/mol. The van der Waals surface area contributed by atoms with Crippen molar-refractivity contribution in [3.63, 3.8) is 0 Å².